The molecule has 0 nitrogen and oxygen atoms in total. The molecule has 0 bridgehead atoms. The Bertz CT molecular complexity index is 812. The van der Waals surface area contributed by atoms with Crippen LogP contribution >= 0.6 is 11.6 Å². The van der Waals surface area contributed by atoms with Crippen LogP contribution in [-0.2, 0) is 0 Å². The van der Waals surface area contributed by atoms with Crippen LogP contribution in [0.5, 0.6) is 0 Å². The Labute approximate surface area is 144 Å². The van der Waals surface area contributed by atoms with Crippen LogP contribution < -0.4 is 0 Å². The summed E-state index contributed by atoms with van der Waals surface area (Å²) < 4.78 is 41.5. The average Bonchev–Trinajstić information content (AvgIpc) is 2.54. The molecule has 0 fully saturated rings. The maximum atomic E-state index is 13.8. The molecule has 1 aliphatic carbocycles. The van der Waals surface area contributed by atoms with Crippen molar-refractivity contribution in [2.75, 3.05) is 0 Å². The summed E-state index contributed by atoms with van der Waals surface area (Å²) in [5.41, 5.74) is 1.85. The summed E-state index contributed by atoms with van der Waals surface area (Å²) in [5.74, 6) is 0. The lowest BCUT2D eigenvalue weighted by Gasteiger charge is -2.24. The van der Waals surface area contributed by atoms with Gasteiger partial charge >= 0.3 is 6.18 Å². The van der Waals surface area contributed by atoms with E-state index < -0.39 is 11.7 Å². The first-order chi connectivity index (χ1) is 11.4. The van der Waals surface area contributed by atoms with E-state index in [9.17, 15) is 13.2 Å². The van der Waals surface area contributed by atoms with Crippen LogP contribution in [-0.4, -0.2) is 6.18 Å². The highest BCUT2D eigenvalue weighted by Gasteiger charge is 2.40. The zero-order valence-electron chi connectivity index (χ0n) is 13.0. The zero-order chi connectivity index (χ0) is 17.3. The fraction of sp³-hybridized carbons (Fsp3) is 0.150. The minimum absolute atomic E-state index is 0.183. The lowest BCUT2D eigenvalue weighted by Crippen LogP contribution is -2.18. The van der Waals surface area contributed by atoms with Gasteiger partial charge in [-0.3, -0.25) is 0 Å². The van der Waals surface area contributed by atoms with Crippen LogP contribution in [0, 0.1) is 13.3 Å². The summed E-state index contributed by atoms with van der Waals surface area (Å²) >= 11 is 5.96. The Morgan fingerprint density at radius 1 is 0.958 bits per heavy atom. The van der Waals surface area contributed by atoms with Crippen LogP contribution in [0.2, 0.25) is 5.02 Å². The molecule has 2 aromatic carbocycles. The molecular formula is C20H15ClF3. The molecule has 0 spiro atoms. The molecule has 123 valence electrons. The zero-order valence-corrected chi connectivity index (χ0v) is 13.7. The van der Waals surface area contributed by atoms with Crippen molar-refractivity contribution in [1.82, 2.24) is 0 Å². The lowest BCUT2D eigenvalue weighted by atomic mass is 9.83. The number of hydrogen-bond acceptors (Lipinski definition) is 0. The molecule has 0 unspecified atom stereocenters. The topological polar surface area (TPSA) is 0 Å². The number of hydrogen-bond donors (Lipinski definition) is 0. The van der Waals surface area contributed by atoms with Gasteiger partial charge in [-0.25, -0.2) is 0 Å². The monoisotopic (exact) mass is 347 g/mol. The van der Waals surface area contributed by atoms with Crippen molar-refractivity contribution in [2.24, 2.45) is 0 Å². The highest BCUT2D eigenvalue weighted by Crippen LogP contribution is 2.45. The predicted molar refractivity (Wildman–Crippen MR) is 92.5 cm³/mol. The van der Waals surface area contributed by atoms with Crippen molar-refractivity contribution in [2.45, 2.75) is 19.5 Å². The number of halogens is 4. The van der Waals surface area contributed by atoms with Gasteiger partial charge in [-0.15, -0.1) is 0 Å². The van der Waals surface area contributed by atoms with E-state index in [-0.39, 0.29) is 11.1 Å². The highest BCUT2D eigenvalue weighted by atomic mass is 35.5. The van der Waals surface area contributed by atoms with Gasteiger partial charge in [0.05, 0.1) is 5.57 Å². The van der Waals surface area contributed by atoms with Crippen molar-refractivity contribution < 1.29 is 13.2 Å². The van der Waals surface area contributed by atoms with E-state index >= 15 is 0 Å². The molecule has 0 atom stereocenters. The third-order valence-corrected chi connectivity index (χ3v) is 4.20. The van der Waals surface area contributed by atoms with Gasteiger partial charge in [0.1, 0.15) is 0 Å². The summed E-state index contributed by atoms with van der Waals surface area (Å²) in [4.78, 5) is 0. The van der Waals surface area contributed by atoms with Crippen molar-refractivity contribution in [3.8, 4) is 0 Å². The molecule has 24 heavy (non-hydrogen) atoms. The molecule has 1 aliphatic rings. The Balaban J connectivity index is 2.19. The van der Waals surface area contributed by atoms with Crippen molar-refractivity contribution >= 4 is 22.7 Å². The molecule has 3 rings (SSSR count). The van der Waals surface area contributed by atoms with Gasteiger partial charge in [0, 0.05) is 5.02 Å². The molecule has 0 aromatic heterocycles. The molecule has 2 aromatic rings. The predicted octanol–water partition coefficient (Wildman–Crippen LogP) is 6.66. The second kappa shape index (κ2) is 6.48. The normalized spacial score (nSPS) is 15.5. The molecule has 0 N–H and O–H groups in total. The number of alkyl halides is 3. The Morgan fingerprint density at radius 2 is 1.67 bits per heavy atom. The quantitative estimate of drug-likeness (QED) is 0.570. The van der Waals surface area contributed by atoms with Crippen LogP contribution in [0.1, 0.15) is 23.1 Å². The van der Waals surface area contributed by atoms with Gasteiger partial charge in [0.25, 0.3) is 0 Å². The Morgan fingerprint density at radius 3 is 2.29 bits per heavy atom. The van der Waals surface area contributed by atoms with Crippen LogP contribution in [0.25, 0.3) is 11.1 Å². The smallest absolute Gasteiger partial charge is 0.166 e. The first-order valence-corrected chi connectivity index (χ1v) is 7.92. The van der Waals surface area contributed by atoms with Crippen molar-refractivity contribution in [3.05, 3.63) is 88.3 Å². The molecule has 0 amide bonds. The molecular weight excluding hydrogens is 333 g/mol. The van der Waals surface area contributed by atoms with E-state index in [0.29, 0.717) is 22.6 Å². The minimum atomic E-state index is -4.45. The van der Waals surface area contributed by atoms with Crippen LogP contribution in [0.4, 0.5) is 13.2 Å². The number of rotatable bonds is 2. The van der Waals surface area contributed by atoms with Gasteiger partial charge in [0.15, 0.2) is 0 Å². The fourth-order valence-corrected chi connectivity index (χ4v) is 3.05. The minimum Gasteiger partial charge on any atom is -0.166 e. The number of allylic oxidation sites excluding steroid dienone is 4. The summed E-state index contributed by atoms with van der Waals surface area (Å²) in [6.45, 7) is 1.91. The summed E-state index contributed by atoms with van der Waals surface area (Å²) in [6.07, 6.45) is -0.774. The highest BCUT2D eigenvalue weighted by molar-refractivity contribution is 6.30. The van der Waals surface area contributed by atoms with Crippen molar-refractivity contribution in [3.63, 3.8) is 0 Å². The van der Waals surface area contributed by atoms with Crippen molar-refractivity contribution in [1.29, 1.82) is 0 Å². The molecule has 0 aliphatic heterocycles. The van der Waals surface area contributed by atoms with Gasteiger partial charge in [0.2, 0.25) is 0 Å². The van der Waals surface area contributed by atoms with Crippen LogP contribution in [0.3, 0.4) is 0 Å². The van der Waals surface area contributed by atoms with Crippen LogP contribution in [0.15, 0.2) is 60.2 Å². The first kappa shape index (κ1) is 16.8. The molecule has 0 saturated heterocycles. The van der Waals surface area contributed by atoms with Gasteiger partial charge in [-0.2, -0.15) is 13.2 Å². The average molecular weight is 348 g/mol. The SMILES string of the molecule is Cc1ccc(C2=CC[CH]C(c3cccc(Cl)c3)=C2C(F)(F)F)cc1. The molecule has 0 heterocycles. The van der Waals surface area contributed by atoms with E-state index in [1.807, 2.05) is 19.1 Å². The maximum absolute atomic E-state index is 13.8. The van der Waals surface area contributed by atoms with E-state index in [1.165, 1.54) is 0 Å². The Kier molecular flexibility index (Phi) is 4.55. The summed E-state index contributed by atoms with van der Waals surface area (Å²) in [6, 6.07) is 13.6. The molecule has 0 saturated carbocycles. The second-order valence-corrected chi connectivity index (χ2v) is 6.16. The Hall–Kier alpha value is -2.00. The van der Waals surface area contributed by atoms with E-state index in [1.54, 1.807) is 48.9 Å². The van der Waals surface area contributed by atoms with Gasteiger partial charge < -0.3 is 0 Å². The summed E-state index contributed by atoms with van der Waals surface area (Å²) in [7, 11) is 0. The first-order valence-electron chi connectivity index (χ1n) is 7.54. The van der Waals surface area contributed by atoms with Gasteiger partial charge in [-0.1, -0.05) is 59.6 Å². The fourth-order valence-electron chi connectivity index (χ4n) is 2.86. The molecule has 4 heteroatoms. The van der Waals surface area contributed by atoms with E-state index in [0.717, 1.165) is 5.56 Å². The maximum Gasteiger partial charge on any atom is 0.417 e. The third-order valence-electron chi connectivity index (χ3n) is 3.96. The summed E-state index contributed by atoms with van der Waals surface area (Å²) in [5, 5.41) is 0.418. The largest absolute Gasteiger partial charge is 0.417 e. The number of benzene rings is 2. The van der Waals surface area contributed by atoms with E-state index in [4.69, 9.17) is 11.6 Å². The molecule has 1 radical (unpaired) electrons. The van der Waals surface area contributed by atoms with E-state index in [2.05, 4.69) is 0 Å². The van der Waals surface area contributed by atoms with Gasteiger partial charge in [-0.05, 0) is 54.2 Å². The lowest BCUT2D eigenvalue weighted by molar-refractivity contribution is -0.0866. The standard InChI is InChI=1S/C20H15ClF3/c1-13-8-10-14(11-9-13)17-6-3-7-18(19(17)20(22,23)24)15-4-2-5-16(21)12-15/h2,4-12H,3H2,1H3. The number of aryl methyl sites for hydroxylation is 1. The third kappa shape index (κ3) is 3.41. The second-order valence-electron chi connectivity index (χ2n) is 5.72.